The van der Waals surface area contributed by atoms with Crippen LogP contribution in [-0.4, -0.2) is 11.8 Å². The molecule has 0 fully saturated rings. The second-order valence-electron chi connectivity index (χ2n) is 5.75. The molecule has 1 N–H and O–H groups in total. The third-order valence-electron chi connectivity index (χ3n) is 4.14. The van der Waals surface area contributed by atoms with E-state index in [0.717, 1.165) is 34.9 Å². The number of fused-ring (bicyclic) bond motifs is 1. The molecule has 0 aliphatic carbocycles. The minimum atomic E-state index is 0.153. The summed E-state index contributed by atoms with van der Waals surface area (Å²) in [6, 6.07) is 10.1. The highest BCUT2D eigenvalue weighted by Crippen LogP contribution is 2.36. The Morgan fingerprint density at radius 1 is 1.08 bits per heavy atom. The van der Waals surface area contributed by atoms with E-state index in [-0.39, 0.29) is 12.8 Å². The van der Waals surface area contributed by atoms with E-state index in [4.69, 9.17) is 14.2 Å². The third kappa shape index (κ3) is 2.93. The van der Waals surface area contributed by atoms with Crippen LogP contribution in [0.5, 0.6) is 11.5 Å². The van der Waals surface area contributed by atoms with Crippen LogP contribution in [0, 0.1) is 0 Å². The predicted octanol–water partition coefficient (Wildman–Crippen LogP) is 3.76. The van der Waals surface area contributed by atoms with E-state index in [0.29, 0.717) is 0 Å². The zero-order valence-corrected chi connectivity index (χ0v) is 13.4. The maximum atomic E-state index is 5.76. The SMILES string of the molecule is C[C@H](NC1=CCC(c2ccc3c(c2)OCO3)=CO1)c1ccncc1. The van der Waals surface area contributed by atoms with Gasteiger partial charge in [-0.3, -0.25) is 4.98 Å². The summed E-state index contributed by atoms with van der Waals surface area (Å²) in [7, 11) is 0. The van der Waals surface area contributed by atoms with E-state index in [1.54, 1.807) is 18.7 Å². The Hall–Kier alpha value is -2.95. The van der Waals surface area contributed by atoms with Crippen molar-refractivity contribution >= 4 is 5.57 Å². The fraction of sp³-hybridized carbons (Fsp3) is 0.211. The molecule has 0 spiro atoms. The highest BCUT2D eigenvalue weighted by molar-refractivity contribution is 5.69. The van der Waals surface area contributed by atoms with E-state index >= 15 is 0 Å². The fourth-order valence-corrected chi connectivity index (χ4v) is 2.76. The van der Waals surface area contributed by atoms with Gasteiger partial charge < -0.3 is 19.5 Å². The molecule has 122 valence electrons. The number of benzene rings is 1. The molecule has 4 rings (SSSR count). The van der Waals surface area contributed by atoms with Crippen molar-refractivity contribution in [2.75, 3.05) is 6.79 Å². The quantitative estimate of drug-likeness (QED) is 0.929. The van der Waals surface area contributed by atoms with Gasteiger partial charge in [0.15, 0.2) is 17.4 Å². The summed E-state index contributed by atoms with van der Waals surface area (Å²) < 4.78 is 16.5. The van der Waals surface area contributed by atoms with Gasteiger partial charge in [-0.2, -0.15) is 0 Å². The summed E-state index contributed by atoms with van der Waals surface area (Å²) >= 11 is 0. The van der Waals surface area contributed by atoms with Crippen LogP contribution in [0.25, 0.3) is 5.57 Å². The van der Waals surface area contributed by atoms with Crippen LogP contribution in [0.3, 0.4) is 0 Å². The van der Waals surface area contributed by atoms with Gasteiger partial charge in [0.2, 0.25) is 6.79 Å². The van der Waals surface area contributed by atoms with Gasteiger partial charge in [-0.25, -0.2) is 0 Å². The lowest BCUT2D eigenvalue weighted by atomic mass is 10.0. The van der Waals surface area contributed by atoms with Crippen molar-refractivity contribution in [3.63, 3.8) is 0 Å². The molecule has 24 heavy (non-hydrogen) atoms. The van der Waals surface area contributed by atoms with Gasteiger partial charge in [0.05, 0.1) is 12.3 Å². The maximum Gasteiger partial charge on any atom is 0.231 e. The topological polar surface area (TPSA) is 52.6 Å². The standard InChI is InChI=1S/C19H18N2O3/c1-13(14-6-8-20-9-7-14)21-19-5-3-16(11-22-19)15-2-4-17-18(10-15)24-12-23-17/h2,4-11,13,21H,3,12H2,1H3/t13-/m0/s1. The Kier molecular flexibility index (Phi) is 3.83. The Balaban J connectivity index is 1.41. The first-order chi connectivity index (χ1) is 11.8. The normalized spacial score (nSPS) is 16.7. The number of rotatable bonds is 4. The van der Waals surface area contributed by atoms with Crippen molar-refractivity contribution < 1.29 is 14.2 Å². The second-order valence-corrected chi connectivity index (χ2v) is 5.75. The molecule has 0 saturated carbocycles. The summed E-state index contributed by atoms with van der Waals surface area (Å²) in [5.74, 6) is 2.34. The summed E-state index contributed by atoms with van der Waals surface area (Å²) in [4.78, 5) is 4.04. The maximum absolute atomic E-state index is 5.76. The van der Waals surface area contributed by atoms with Gasteiger partial charge in [0, 0.05) is 12.4 Å². The molecule has 2 aliphatic heterocycles. The number of allylic oxidation sites excluding steroid dienone is 2. The van der Waals surface area contributed by atoms with Gasteiger partial charge in [-0.15, -0.1) is 0 Å². The molecule has 0 amide bonds. The van der Waals surface area contributed by atoms with Gasteiger partial charge in [0.1, 0.15) is 0 Å². The lowest BCUT2D eigenvalue weighted by molar-refractivity contribution is 0.174. The molecule has 1 atom stereocenters. The smallest absolute Gasteiger partial charge is 0.231 e. The zero-order valence-electron chi connectivity index (χ0n) is 13.4. The third-order valence-corrected chi connectivity index (χ3v) is 4.14. The number of aromatic nitrogens is 1. The van der Waals surface area contributed by atoms with Gasteiger partial charge in [-0.1, -0.05) is 6.07 Å². The van der Waals surface area contributed by atoms with E-state index < -0.39 is 0 Å². The Morgan fingerprint density at radius 2 is 1.92 bits per heavy atom. The highest BCUT2D eigenvalue weighted by atomic mass is 16.7. The van der Waals surface area contributed by atoms with Crippen LogP contribution in [0.4, 0.5) is 0 Å². The van der Waals surface area contributed by atoms with Crippen molar-refractivity contribution in [2.24, 2.45) is 0 Å². The van der Waals surface area contributed by atoms with Gasteiger partial charge >= 0.3 is 0 Å². The summed E-state index contributed by atoms with van der Waals surface area (Å²) in [5, 5.41) is 3.37. The number of hydrogen-bond donors (Lipinski definition) is 1. The number of ether oxygens (including phenoxy) is 3. The van der Waals surface area contributed by atoms with Gasteiger partial charge in [0.25, 0.3) is 0 Å². The second kappa shape index (κ2) is 6.28. The van der Waals surface area contributed by atoms with Crippen LogP contribution in [0.2, 0.25) is 0 Å². The predicted molar refractivity (Wildman–Crippen MR) is 90.1 cm³/mol. The molecule has 1 aromatic heterocycles. The van der Waals surface area contributed by atoms with Crippen molar-refractivity contribution in [1.29, 1.82) is 0 Å². The lowest BCUT2D eigenvalue weighted by Gasteiger charge is -2.20. The highest BCUT2D eigenvalue weighted by Gasteiger charge is 2.17. The largest absolute Gasteiger partial charge is 0.454 e. The van der Waals surface area contributed by atoms with Crippen molar-refractivity contribution in [2.45, 2.75) is 19.4 Å². The van der Waals surface area contributed by atoms with E-state index in [1.807, 2.05) is 30.3 Å². The average Bonchev–Trinajstić information content (AvgIpc) is 3.11. The van der Waals surface area contributed by atoms with Crippen LogP contribution in [-0.2, 0) is 4.74 Å². The minimum Gasteiger partial charge on any atom is -0.454 e. The molecule has 0 radical (unpaired) electrons. The molecular weight excluding hydrogens is 304 g/mol. The van der Waals surface area contributed by atoms with E-state index in [9.17, 15) is 0 Å². The summed E-state index contributed by atoms with van der Waals surface area (Å²) in [6.45, 7) is 2.38. The zero-order chi connectivity index (χ0) is 16.4. The van der Waals surface area contributed by atoms with E-state index in [1.165, 1.54) is 5.56 Å². The number of pyridine rings is 1. The molecule has 2 aliphatic rings. The number of nitrogens with one attached hydrogen (secondary N) is 1. The molecule has 1 aromatic carbocycles. The number of nitrogens with zero attached hydrogens (tertiary/aromatic N) is 1. The molecule has 5 nitrogen and oxygen atoms in total. The molecule has 5 heteroatoms. The Bertz CT molecular complexity index is 800. The molecular formula is C19H18N2O3. The summed E-state index contributed by atoms with van der Waals surface area (Å²) in [5.41, 5.74) is 3.35. The molecule has 2 aromatic rings. The molecule has 3 heterocycles. The van der Waals surface area contributed by atoms with Crippen molar-refractivity contribution in [3.8, 4) is 11.5 Å². The average molecular weight is 322 g/mol. The molecule has 0 unspecified atom stereocenters. The summed E-state index contributed by atoms with van der Waals surface area (Å²) in [6.07, 6.45) is 8.23. The first kappa shape index (κ1) is 14.6. The fourth-order valence-electron chi connectivity index (χ4n) is 2.76. The Morgan fingerprint density at radius 3 is 2.71 bits per heavy atom. The lowest BCUT2D eigenvalue weighted by Crippen LogP contribution is -2.20. The first-order valence-electron chi connectivity index (χ1n) is 7.92. The van der Waals surface area contributed by atoms with Gasteiger partial charge in [-0.05, 0) is 60.4 Å². The Labute approximate surface area is 140 Å². The van der Waals surface area contributed by atoms with Crippen molar-refractivity contribution in [3.05, 3.63) is 72.1 Å². The van der Waals surface area contributed by atoms with Crippen LogP contribution < -0.4 is 14.8 Å². The van der Waals surface area contributed by atoms with E-state index in [2.05, 4.69) is 23.3 Å². The monoisotopic (exact) mass is 322 g/mol. The van der Waals surface area contributed by atoms with Crippen LogP contribution in [0.15, 0.2) is 60.9 Å². The first-order valence-corrected chi connectivity index (χ1v) is 7.92. The minimum absolute atomic E-state index is 0.153. The number of hydrogen-bond acceptors (Lipinski definition) is 5. The molecule has 0 saturated heterocycles. The van der Waals surface area contributed by atoms with Crippen molar-refractivity contribution in [1.82, 2.24) is 10.3 Å². The van der Waals surface area contributed by atoms with Crippen LogP contribution in [0.1, 0.15) is 30.5 Å². The molecule has 0 bridgehead atoms. The van der Waals surface area contributed by atoms with Crippen LogP contribution >= 0.6 is 0 Å².